The van der Waals surface area contributed by atoms with Crippen LogP contribution in [0.15, 0.2) is 0 Å². The van der Waals surface area contributed by atoms with Gasteiger partial charge in [0.25, 0.3) is 11.8 Å². The molecular weight excluding hydrogens is 342 g/mol. The number of likely N-dealkylation sites (N-methyl/N-ethyl adjacent to an activating group) is 1. The normalized spacial score (nSPS) is 17.6. The van der Waals surface area contributed by atoms with E-state index in [-0.39, 0.29) is 11.8 Å². The van der Waals surface area contributed by atoms with Crippen molar-refractivity contribution in [2.45, 2.75) is 58.9 Å². The number of unbranched alkanes of at least 4 members (excludes halogenated alkanes) is 2. The molecule has 1 fully saturated rings. The Bertz CT molecular complexity index is 662. The van der Waals surface area contributed by atoms with Crippen molar-refractivity contribution in [1.82, 2.24) is 24.7 Å². The molecule has 150 valence electrons. The van der Waals surface area contributed by atoms with E-state index in [1.165, 1.54) is 0 Å². The molecule has 1 aromatic rings. The fourth-order valence-corrected chi connectivity index (χ4v) is 3.96. The van der Waals surface area contributed by atoms with Crippen molar-refractivity contribution in [3.63, 3.8) is 0 Å². The van der Waals surface area contributed by atoms with Gasteiger partial charge in [0.2, 0.25) is 0 Å². The SMILES string of the molecule is CCCCCNC(=O)c1nc(C(=O)N2CCN(CC)CC2)n2c1CCCC2. The van der Waals surface area contributed by atoms with Crippen LogP contribution in [-0.2, 0) is 13.0 Å². The third-order valence-electron chi connectivity index (χ3n) is 5.70. The lowest BCUT2D eigenvalue weighted by molar-refractivity contribution is 0.0625. The Morgan fingerprint density at radius 2 is 1.81 bits per heavy atom. The summed E-state index contributed by atoms with van der Waals surface area (Å²) < 4.78 is 2.00. The minimum Gasteiger partial charge on any atom is -0.351 e. The van der Waals surface area contributed by atoms with E-state index in [0.29, 0.717) is 18.1 Å². The molecule has 1 N–H and O–H groups in total. The molecule has 2 aliphatic rings. The molecule has 27 heavy (non-hydrogen) atoms. The van der Waals surface area contributed by atoms with Gasteiger partial charge in [-0.2, -0.15) is 0 Å². The molecule has 0 bridgehead atoms. The molecule has 1 aromatic heterocycles. The second-order valence-electron chi connectivity index (χ2n) is 7.53. The van der Waals surface area contributed by atoms with Crippen molar-refractivity contribution in [2.24, 2.45) is 0 Å². The molecule has 0 unspecified atom stereocenters. The summed E-state index contributed by atoms with van der Waals surface area (Å²) in [6.07, 6.45) is 6.11. The number of piperazine rings is 1. The number of hydrogen-bond acceptors (Lipinski definition) is 4. The van der Waals surface area contributed by atoms with E-state index in [9.17, 15) is 9.59 Å². The third-order valence-corrected chi connectivity index (χ3v) is 5.70. The number of carbonyl (C=O) groups excluding carboxylic acids is 2. The van der Waals surface area contributed by atoms with Gasteiger partial charge in [0, 0.05) is 39.3 Å². The van der Waals surface area contributed by atoms with Gasteiger partial charge in [-0.05, 0) is 32.2 Å². The average Bonchev–Trinajstić information content (AvgIpc) is 3.10. The zero-order chi connectivity index (χ0) is 19.2. The maximum Gasteiger partial charge on any atom is 0.289 e. The molecule has 0 spiro atoms. The highest BCUT2D eigenvalue weighted by Gasteiger charge is 2.30. The lowest BCUT2D eigenvalue weighted by Crippen LogP contribution is -2.49. The van der Waals surface area contributed by atoms with Crippen molar-refractivity contribution >= 4 is 11.8 Å². The fraction of sp³-hybridized carbons (Fsp3) is 0.750. The molecule has 0 atom stereocenters. The van der Waals surface area contributed by atoms with E-state index in [2.05, 4.69) is 29.0 Å². The van der Waals surface area contributed by atoms with Gasteiger partial charge in [-0.3, -0.25) is 9.59 Å². The van der Waals surface area contributed by atoms with Crippen LogP contribution in [-0.4, -0.2) is 70.4 Å². The highest BCUT2D eigenvalue weighted by molar-refractivity contribution is 5.97. The Labute approximate surface area is 162 Å². The first-order valence-corrected chi connectivity index (χ1v) is 10.5. The Morgan fingerprint density at radius 3 is 2.52 bits per heavy atom. The van der Waals surface area contributed by atoms with E-state index >= 15 is 0 Å². The van der Waals surface area contributed by atoms with Gasteiger partial charge >= 0.3 is 0 Å². The van der Waals surface area contributed by atoms with E-state index in [1.807, 2.05) is 9.47 Å². The molecule has 1 saturated heterocycles. The number of rotatable bonds is 7. The van der Waals surface area contributed by atoms with Crippen LogP contribution in [0.1, 0.15) is 72.8 Å². The predicted octanol–water partition coefficient (Wildman–Crippen LogP) is 1.92. The second-order valence-corrected chi connectivity index (χ2v) is 7.53. The number of carbonyl (C=O) groups is 2. The third kappa shape index (κ3) is 4.51. The highest BCUT2D eigenvalue weighted by atomic mass is 16.2. The van der Waals surface area contributed by atoms with Crippen LogP contribution in [0, 0.1) is 0 Å². The number of nitrogens with zero attached hydrogens (tertiary/aromatic N) is 4. The number of nitrogens with one attached hydrogen (secondary N) is 1. The summed E-state index contributed by atoms with van der Waals surface area (Å²) in [5.41, 5.74) is 1.39. The summed E-state index contributed by atoms with van der Waals surface area (Å²) in [5, 5.41) is 2.98. The van der Waals surface area contributed by atoms with Crippen LogP contribution in [0.5, 0.6) is 0 Å². The summed E-state index contributed by atoms with van der Waals surface area (Å²) >= 11 is 0. The van der Waals surface area contributed by atoms with Crippen LogP contribution in [0.3, 0.4) is 0 Å². The van der Waals surface area contributed by atoms with Gasteiger partial charge in [0.05, 0.1) is 5.69 Å². The molecule has 2 amide bonds. The summed E-state index contributed by atoms with van der Waals surface area (Å²) in [6, 6.07) is 0. The van der Waals surface area contributed by atoms with Crippen LogP contribution in [0.2, 0.25) is 0 Å². The van der Waals surface area contributed by atoms with E-state index in [0.717, 1.165) is 83.5 Å². The molecule has 0 radical (unpaired) electrons. The Morgan fingerprint density at radius 1 is 1.04 bits per heavy atom. The van der Waals surface area contributed by atoms with Gasteiger partial charge < -0.3 is 19.7 Å². The summed E-state index contributed by atoms with van der Waals surface area (Å²) in [6.45, 7) is 10.0. The minimum atomic E-state index is -0.133. The number of imidazole rings is 1. The second kappa shape index (κ2) is 9.35. The van der Waals surface area contributed by atoms with E-state index < -0.39 is 0 Å². The number of amides is 2. The molecule has 2 aliphatic heterocycles. The van der Waals surface area contributed by atoms with Crippen molar-refractivity contribution in [2.75, 3.05) is 39.3 Å². The molecule has 3 rings (SSSR count). The van der Waals surface area contributed by atoms with Gasteiger partial charge in [-0.15, -0.1) is 0 Å². The zero-order valence-corrected chi connectivity index (χ0v) is 16.8. The van der Waals surface area contributed by atoms with E-state index in [4.69, 9.17) is 0 Å². The van der Waals surface area contributed by atoms with Crippen LogP contribution in [0.4, 0.5) is 0 Å². The monoisotopic (exact) mass is 375 g/mol. The van der Waals surface area contributed by atoms with Crippen LogP contribution in [0.25, 0.3) is 0 Å². The van der Waals surface area contributed by atoms with Gasteiger partial charge in [-0.25, -0.2) is 4.98 Å². The average molecular weight is 376 g/mol. The maximum absolute atomic E-state index is 13.1. The Balaban J connectivity index is 1.74. The summed E-state index contributed by atoms with van der Waals surface area (Å²) in [4.78, 5) is 34.5. The topological polar surface area (TPSA) is 70.5 Å². The van der Waals surface area contributed by atoms with Crippen LogP contribution >= 0.6 is 0 Å². The minimum absolute atomic E-state index is 0.0288. The molecule has 7 nitrogen and oxygen atoms in total. The Hall–Kier alpha value is -1.89. The lowest BCUT2D eigenvalue weighted by Gasteiger charge is -2.34. The molecule has 7 heteroatoms. The van der Waals surface area contributed by atoms with E-state index in [1.54, 1.807) is 0 Å². The van der Waals surface area contributed by atoms with Crippen molar-refractivity contribution < 1.29 is 9.59 Å². The predicted molar refractivity (Wildman–Crippen MR) is 105 cm³/mol. The van der Waals surface area contributed by atoms with Gasteiger partial charge in [0.1, 0.15) is 5.69 Å². The molecule has 0 saturated carbocycles. The molecule has 0 aliphatic carbocycles. The number of fused-ring (bicyclic) bond motifs is 1. The quantitative estimate of drug-likeness (QED) is 0.739. The van der Waals surface area contributed by atoms with Gasteiger partial charge in [-0.1, -0.05) is 26.7 Å². The van der Waals surface area contributed by atoms with Crippen molar-refractivity contribution in [3.05, 3.63) is 17.2 Å². The standard InChI is InChI=1S/C20H33N5O2/c1-3-5-7-10-21-19(26)17-16-9-6-8-11-25(16)18(22-17)20(27)24-14-12-23(4-2)13-15-24/h3-15H2,1-2H3,(H,21,26). The fourth-order valence-electron chi connectivity index (χ4n) is 3.96. The van der Waals surface area contributed by atoms with Crippen molar-refractivity contribution in [3.8, 4) is 0 Å². The van der Waals surface area contributed by atoms with Crippen LogP contribution < -0.4 is 5.32 Å². The zero-order valence-electron chi connectivity index (χ0n) is 16.8. The number of hydrogen-bond donors (Lipinski definition) is 1. The summed E-state index contributed by atoms with van der Waals surface area (Å²) in [5.74, 6) is 0.291. The number of aromatic nitrogens is 2. The van der Waals surface area contributed by atoms with Gasteiger partial charge in [0.15, 0.2) is 5.82 Å². The first-order chi connectivity index (χ1) is 13.2. The highest BCUT2D eigenvalue weighted by Crippen LogP contribution is 2.22. The molecule has 3 heterocycles. The maximum atomic E-state index is 13.1. The Kier molecular flexibility index (Phi) is 6.88. The first kappa shape index (κ1) is 19.9. The van der Waals surface area contributed by atoms with Crippen molar-refractivity contribution in [1.29, 1.82) is 0 Å². The summed E-state index contributed by atoms with van der Waals surface area (Å²) in [7, 11) is 0. The first-order valence-electron chi connectivity index (χ1n) is 10.5. The lowest BCUT2D eigenvalue weighted by atomic mass is 10.1. The smallest absolute Gasteiger partial charge is 0.289 e. The molecule has 0 aromatic carbocycles. The largest absolute Gasteiger partial charge is 0.351 e. The molecular formula is C20H33N5O2.